The number of aryl methyl sites for hydroxylation is 1. The Balaban J connectivity index is 1.44. The monoisotopic (exact) mass is 375 g/mol. The number of nitrogens with zero attached hydrogens (tertiary/aromatic N) is 3. The third-order valence-corrected chi connectivity index (χ3v) is 6.87. The van der Waals surface area contributed by atoms with Gasteiger partial charge in [0.15, 0.2) is 0 Å². The third kappa shape index (κ3) is 3.00. The van der Waals surface area contributed by atoms with Crippen LogP contribution in [-0.2, 0) is 0 Å². The molecule has 1 aliphatic carbocycles. The summed E-state index contributed by atoms with van der Waals surface area (Å²) in [5, 5.41) is 0. The van der Waals surface area contributed by atoms with E-state index in [1.165, 1.54) is 16.8 Å². The molecular formula is C24H29N3O. The highest BCUT2D eigenvalue weighted by Gasteiger charge is 2.41. The van der Waals surface area contributed by atoms with Gasteiger partial charge in [0, 0.05) is 44.0 Å². The number of piperidine rings is 1. The van der Waals surface area contributed by atoms with Gasteiger partial charge < -0.3 is 14.7 Å². The van der Waals surface area contributed by atoms with Crippen molar-refractivity contribution in [1.29, 1.82) is 0 Å². The highest BCUT2D eigenvalue weighted by Crippen LogP contribution is 2.50. The topological polar surface area (TPSA) is 26.8 Å². The van der Waals surface area contributed by atoms with Gasteiger partial charge in [0.2, 0.25) is 0 Å². The molecule has 0 saturated carbocycles. The summed E-state index contributed by atoms with van der Waals surface area (Å²) in [6, 6.07) is 15.3. The van der Waals surface area contributed by atoms with Crippen molar-refractivity contribution in [3.05, 3.63) is 64.7 Å². The maximum atomic E-state index is 13.3. The summed E-state index contributed by atoms with van der Waals surface area (Å²) in [5.74, 6) is 0.799. The van der Waals surface area contributed by atoms with Crippen LogP contribution in [0.2, 0.25) is 0 Å². The third-order valence-electron chi connectivity index (χ3n) is 6.87. The van der Waals surface area contributed by atoms with Crippen LogP contribution in [0.1, 0.15) is 51.8 Å². The Morgan fingerprint density at radius 2 is 1.79 bits per heavy atom. The Hall–Kier alpha value is -2.33. The number of rotatable bonds is 2. The second kappa shape index (κ2) is 6.93. The molecule has 1 amide bonds. The zero-order valence-corrected chi connectivity index (χ0v) is 16.9. The highest BCUT2D eigenvalue weighted by atomic mass is 16.2. The van der Waals surface area contributed by atoms with Crippen LogP contribution in [0.4, 0.5) is 5.69 Å². The molecule has 2 aromatic rings. The quantitative estimate of drug-likeness (QED) is 0.798. The second-order valence-electron chi connectivity index (χ2n) is 8.71. The van der Waals surface area contributed by atoms with Crippen molar-refractivity contribution >= 4 is 11.6 Å². The van der Waals surface area contributed by atoms with Crippen molar-refractivity contribution in [2.45, 2.75) is 31.7 Å². The molecule has 2 atom stereocenters. The number of hydrogen-bond donors (Lipinski definition) is 0. The first-order valence-corrected chi connectivity index (χ1v) is 10.5. The van der Waals surface area contributed by atoms with Crippen LogP contribution < -0.4 is 4.90 Å². The molecule has 28 heavy (non-hydrogen) atoms. The van der Waals surface area contributed by atoms with Gasteiger partial charge >= 0.3 is 0 Å². The summed E-state index contributed by atoms with van der Waals surface area (Å²) >= 11 is 0. The number of piperazine rings is 1. The average Bonchev–Trinajstić information content (AvgIpc) is 3.00. The largest absolute Gasteiger partial charge is 0.369 e. The molecule has 0 spiro atoms. The van der Waals surface area contributed by atoms with E-state index in [0.29, 0.717) is 5.92 Å². The lowest BCUT2D eigenvalue weighted by Gasteiger charge is -2.35. The van der Waals surface area contributed by atoms with Crippen LogP contribution in [0.5, 0.6) is 0 Å². The second-order valence-corrected chi connectivity index (χ2v) is 8.71. The van der Waals surface area contributed by atoms with Crippen molar-refractivity contribution in [3.63, 3.8) is 0 Å². The standard InChI is InChI=1S/C24H29N3O/c1-17-4-3-5-19(14-17)24(28)27-9-8-18-15-23(27)22-16-20(6-7-21(18)22)26-12-10-25(2)11-13-26/h3-7,14,16,18,23H,8-13,15H2,1-2H3/t18-,23-/m1/s1. The van der Waals surface area contributed by atoms with Gasteiger partial charge in [-0.1, -0.05) is 23.8 Å². The zero-order valence-electron chi connectivity index (χ0n) is 16.9. The summed E-state index contributed by atoms with van der Waals surface area (Å²) in [7, 11) is 2.19. The number of carbonyl (C=O) groups excluding carboxylic acids is 1. The first kappa shape index (κ1) is 17.7. The Morgan fingerprint density at radius 3 is 2.57 bits per heavy atom. The van der Waals surface area contributed by atoms with Crippen LogP contribution >= 0.6 is 0 Å². The maximum absolute atomic E-state index is 13.3. The van der Waals surface area contributed by atoms with E-state index in [2.05, 4.69) is 52.9 Å². The van der Waals surface area contributed by atoms with Crippen molar-refractivity contribution in [2.75, 3.05) is 44.7 Å². The number of likely N-dealkylation sites (tertiary alicyclic amines) is 1. The first-order chi connectivity index (χ1) is 13.6. The van der Waals surface area contributed by atoms with Crippen LogP contribution in [0.25, 0.3) is 0 Å². The van der Waals surface area contributed by atoms with E-state index in [-0.39, 0.29) is 11.9 Å². The van der Waals surface area contributed by atoms with Crippen LogP contribution in [0, 0.1) is 6.92 Å². The van der Waals surface area contributed by atoms with Gasteiger partial charge in [-0.15, -0.1) is 0 Å². The molecule has 2 bridgehead atoms. The van der Waals surface area contributed by atoms with Gasteiger partial charge in [-0.2, -0.15) is 0 Å². The molecule has 2 heterocycles. The van der Waals surface area contributed by atoms with E-state index in [4.69, 9.17) is 0 Å². The maximum Gasteiger partial charge on any atom is 0.254 e. The Kier molecular flexibility index (Phi) is 4.39. The van der Waals surface area contributed by atoms with Crippen LogP contribution in [0.3, 0.4) is 0 Å². The molecule has 0 unspecified atom stereocenters. The van der Waals surface area contributed by atoms with E-state index >= 15 is 0 Å². The van der Waals surface area contributed by atoms with Crippen LogP contribution in [-0.4, -0.2) is 55.5 Å². The van der Waals surface area contributed by atoms with E-state index in [0.717, 1.165) is 56.7 Å². The fourth-order valence-corrected chi connectivity index (χ4v) is 5.21. The minimum atomic E-state index is 0.185. The molecule has 2 aromatic carbocycles. The normalized spacial score (nSPS) is 24.4. The highest BCUT2D eigenvalue weighted by molar-refractivity contribution is 5.95. The van der Waals surface area contributed by atoms with Crippen molar-refractivity contribution in [1.82, 2.24) is 9.80 Å². The Labute approximate surface area is 167 Å². The van der Waals surface area contributed by atoms with Crippen molar-refractivity contribution in [2.24, 2.45) is 0 Å². The minimum Gasteiger partial charge on any atom is -0.369 e. The molecule has 0 radical (unpaired) electrons. The van der Waals surface area contributed by atoms with E-state index in [1.807, 2.05) is 18.2 Å². The summed E-state index contributed by atoms with van der Waals surface area (Å²) in [6.07, 6.45) is 2.16. The number of benzene rings is 2. The Morgan fingerprint density at radius 1 is 0.964 bits per heavy atom. The fraction of sp³-hybridized carbons (Fsp3) is 0.458. The fourth-order valence-electron chi connectivity index (χ4n) is 5.21. The van der Waals surface area contributed by atoms with Gasteiger partial charge in [0.25, 0.3) is 5.91 Å². The molecule has 4 nitrogen and oxygen atoms in total. The molecule has 4 heteroatoms. The van der Waals surface area contributed by atoms with Gasteiger partial charge in [0.05, 0.1) is 6.04 Å². The van der Waals surface area contributed by atoms with Gasteiger partial charge in [-0.05, 0) is 68.1 Å². The number of fused-ring (bicyclic) bond motifs is 5. The van der Waals surface area contributed by atoms with Gasteiger partial charge in [0.1, 0.15) is 0 Å². The van der Waals surface area contributed by atoms with Gasteiger partial charge in [-0.3, -0.25) is 4.79 Å². The SMILES string of the molecule is Cc1cccc(C(=O)N2CC[C@@H]3C[C@@H]2c2cc(N4CCN(C)CC4)ccc23)c1. The molecule has 0 aromatic heterocycles. The predicted molar refractivity (Wildman–Crippen MR) is 113 cm³/mol. The predicted octanol–water partition coefficient (Wildman–Crippen LogP) is 3.82. The van der Waals surface area contributed by atoms with E-state index < -0.39 is 0 Å². The van der Waals surface area contributed by atoms with E-state index in [1.54, 1.807) is 0 Å². The molecule has 2 saturated heterocycles. The lowest BCUT2D eigenvalue weighted by Crippen LogP contribution is -2.44. The van der Waals surface area contributed by atoms with Crippen molar-refractivity contribution in [3.8, 4) is 0 Å². The number of likely N-dealkylation sites (N-methyl/N-ethyl adjacent to an activating group) is 1. The van der Waals surface area contributed by atoms with Gasteiger partial charge in [-0.25, -0.2) is 0 Å². The summed E-state index contributed by atoms with van der Waals surface area (Å²) in [4.78, 5) is 20.3. The van der Waals surface area contributed by atoms with Crippen LogP contribution in [0.15, 0.2) is 42.5 Å². The molecule has 2 aliphatic heterocycles. The number of anilines is 1. The molecule has 2 fully saturated rings. The smallest absolute Gasteiger partial charge is 0.254 e. The Bertz CT molecular complexity index is 900. The first-order valence-electron chi connectivity index (χ1n) is 10.5. The minimum absolute atomic E-state index is 0.185. The molecule has 5 rings (SSSR count). The molecule has 3 aliphatic rings. The zero-order chi connectivity index (χ0) is 19.3. The lowest BCUT2D eigenvalue weighted by atomic mass is 9.95. The molecular weight excluding hydrogens is 346 g/mol. The van der Waals surface area contributed by atoms with E-state index in [9.17, 15) is 4.79 Å². The lowest BCUT2D eigenvalue weighted by molar-refractivity contribution is 0.0620. The summed E-state index contributed by atoms with van der Waals surface area (Å²) < 4.78 is 0. The summed E-state index contributed by atoms with van der Waals surface area (Å²) in [5.41, 5.74) is 6.15. The number of carbonyl (C=O) groups is 1. The average molecular weight is 376 g/mol. The summed E-state index contributed by atoms with van der Waals surface area (Å²) in [6.45, 7) is 7.30. The number of amides is 1. The molecule has 0 N–H and O–H groups in total. The number of hydrogen-bond acceptors (Lipinski definition) is 3. The molecule has 146 valence electrons. The van der Waals surface area contributed by atoms with Crippen molar-refractivity contribution < 1.29 is 4.79 Å².